The Morgan fingerprint density at radius 2 is 1.67 bits per heavy atom. The molecule has 1 nitrogen and oxygen atoms in total. The van der Waals surface area contributed by atoms with Crippen molar-refractivity contribution in [3.05, 3.63) is 68.2 Å². The van der Waals surface area contributed by atoms with Crippen molar-refractivity contribution in [1.29, 1.82) is 0 Å². The molecule has 0 aliphatic heterocycles. The number of fused-ring (bicyclic) bond motifs is 1. The van der Waals surface area contributed by atoms with Crippen LogP contribution in [-0.2, 0) is 18.4 Å². The van der Waals surface area contributed by atoms with Crippen LogP contribution < -0.4 is 0 Å². The zero-order valence-corrected chi connectivity index (χ0v) is 14.4. The third-order valence-electron chi connectivity index (χ3n) is 4.80. The van der Waals surface area contributed by atoms with Crippen LogP contribution in [0.3, 0.4) is 0 Å². The Morgan fingerprint density at radius 3 is 2.43 bits per heavy atom. The van der Waals surface area contributed by atoms with Crippen LogP contribution in [0, 0.1) is 20.8 Å². The summed E-state index contributed by atoms with van der Waals surface area (Å²) in [5.41, 5.74) is 6.73. The molecule has 0 bridgehead atoms. The van der Waals surface area contributed by atoms with E-state index in [0.717, 1.165) is 22.9 Å². The molecular formula is C19H21BrO. The van der Waals surface area contributed by atoms with Gasteiger partial charge in [-0.25, -0.2) is 0 Å². The van der Waals surface area contributed by atoms with Crippen LogP contribution in [0.15, 0.2) is 34.8 Å². The second kappa shape index (κ2) is 5.26. The van der Waals surface area contributed by atoms with Gasteiger partial charge in [-0.15, -0.1) is 0 Å². The molecule has 2 aromatic rings. The van der Waals surface area contributed by atoms with Gasteiger partial charge in [0.2, 0.25) is 0 Å². The Kier molecular flexibility index (Phi) is 3.71. The van der Waals surface area contributed by atoms with Gasteiger partial charge in [-0.05, 0) is 79.1 Å². The molecule has 0 saturated carbocycles. The van der Waals surface area contributed by atoms with Crippen molar-refractivity contribution in [1.82, 2.24) is 0 Å². The van der Waals surface area contributed by atoms with E-state index in [0.29, 0.717) is 6.42 Å². The minimum absolute atomic E-state index is 0.707. The van der Waals surface area contributed by atoms with E-state index in [1.54, 1.807) is 0 Å². The lowest BCUT2D eigenvalue weighted by molar-refractivity contribution is 0.0216. The number of benzene rings is 2. The second-order valence-corrected chi connectivity index (χ2v) is 7.29. The van der Waals surface area contributed by atoms with Gasteiger partial charge in [-0.3, -0.25) is 0 Å². The minimum atomic E-state index is -0.733. The Hall–Kier alpha value is -1.12. The predicted molar refractivity (Wildman–Crippen MR) is 90.7 cm³/mol. The normalized spacial score (nSPS) is 21.2. The summed E-state index contributed by atoms with van der Waals surface area (Å²) in [4.78, 5) is 0. The lowest BCUT2D eigenvalue weighted by Crippen LogP contribution is -2.34. The monoisotopic (exact) mass is 344 g/mol. The highest BCUT2D eigenvalue weighted by atomic mass is 79.9. The molecule has 0 aromatic heterocycles. The molecule has 2 aromatic carbocycles. The summed E-state index contributed by atoms with van der Waals surface area (Å²) < 4.78 is 1.12. The van der Waals surface area contributed by atoms with Crippen LogP contribution in [0.1, 0.15) is 39.8 Å². The Morgan fingerprint density at radius 1 is 0.952 bits per heavy atom. The third-order valence-corrected chi connectivity index (χ3v) is 5.29. The second-order valence-electron chi connectivity index (χ2n) is 6.37. The topological polar surface area (TPSA) is 20.2 Å². The number of rotatable bonds is 1. The van der Waals surface area contributed by atoms with Crippen LogP contribution in [0.4, 0.5) is 0 Å². The molecule has 1 atom stereocenters. The summed E-state index contributed by atoms with van der Waals surface area (Å²) in [5.74, 6) is 0. The van der Waals surface area contributed by atoms with E-state index < -0.39 is 5.60 Å². The molecule has 0 heterocycles. The largest absolute Gasteiger partial charge is 0.385 e. The smallest absolute Gasteiger partial charge is 0.0942 e. The maximum Gasteiger partial charge on any atom is 0.0942 e. The molecule has 1 N–H and O–H groups in total. The van der Waals surface area contributed by atoms with Crippen LogP contribution in [-0.4, -0.2) is 5.11 Å². The van der Waals surface area contributed by atoms with Gasteiger partial charge in [0.25, 0.3) is 0 Å². The molecule has 1 aliphatic carbocycles. The summed E-state index contributed by atoms with van der Waals surface area (Å²) in [5, 5.41) is 11.2. The first-order chi connectivity index (χ1) is 9.89. The van der Waals surface area contributed by atoms with Crippen molar-refractivity contribution in [3.8, 4) is 0 Å². The SMILES string of the molecule is Cc1cc(C)c(C2(O)CCc3cc(Br)ccc3C2)cc1C. The summed E-state index contributed by atoms with van der Waals surface area (Å²) >= 11 is 3.53. The van der Waals surface area contributed by atoms with Crippen molar-refractivity contribution >= 4 is 15.9 Å². The van der Waals surface area contributed by atoms with Crippen LogP contribution >= 0.6 is 15.9 Å². The van der Waals surface area contributed by atoms with Crippen LogP contribution in [0.5, 0.6) is 0 Å². The fourth-order valence-electron chi connectivity index (χ4n) is 3.44. The number of halogens is 1. The van der Waals surface area contributed by atoms with Crippen molar-refractivity contribution < 1.29 is 5.11 Å². The van der Waals surface area contributed by atoms with Crippen LogP contribution in [0.25, 0.3) is 0 Å². The molecule has 0 radical (unpaired) electrons. The average Bonchev–Trinajstić information content (AvgIpc) is 2.43. The van der Waals surface area contributed by atoms with Gasteiger partial charge < -0.3 is 5.11 Å². The third kappa shape index (κ3) is 2.67. The van der Waals surface area contributed by atoms with E-state index in [1.807, 2.05) is 0 Å². The molecule has 1 unspecified atom stereocenters. The fraction of sp³-hybridized carbons (Fsp3) is 0.368. The standard InChI is InChI=1S/C19H21BrO/c1-12-8-14(3)18(9-13(12)2)19(21)7-6-15-10-17(20)5-4-16(15)11-19/h4-5,8-10,21H,6-7,11H2,1-3H3. The molecule has 0 fully saturated rings. The molecule has 110 valence electrons. The summed E-state index contributed by atoms with van der Waals surface area (Å²) in [6.45, 7) is 6.36. The molecule has 0 saturated heterocycles. The fourth-order valence-corrected chi connectivity index (χ4v) is 3.84. The van der Waals surface area contributed by atoms with Gasteiger partial charge in [0.15, 0.2) is 0 Å². The van der Waals surface area contributed by atoms with Gasteiger partial charge in [-0.2, -0.15) is 0 Å². The number of aryl methyl sites for hydroxylation is 4. The van der Waals surface area contributed by atoms with Gasteiger partial charge in [0.05, 0.1) is 5.60 Å². The quantitative estimate of drug-likeness (QED) is 0.791. The molecule has 21 heavy (non-hydrogen) atoms. The first-order valence-electron chi connectivity index (χ1n) is 7.47. The number of aliphatic hydroxyl groups is 1. The van der Waals surface area contributed by atoms with E-state index in [1.165, 1.54) is 27.8 Å². The van der Waals surface area contributed by atoms with E-state index in [-0.39, 0.29) is 0 Å². The average molecular weight is 345 g/mol. The molecule has 0 spiro atoms. The first kappa shape index (κ1) is 14.8. The maximum atomic E-state index is 11.2. The molecule has 1 aliphatic rings. The molecular weight excluding hydrogens is 324 g/mol. The Balaban J connectivity index is 2.03. The molecule has 0 amide bonds. The van der Waals surface area contributed by atoms with Gasteiger partial charge >= 0.3 is 0 Å². The summed E-state index contributed by atoms with van der Waals surface area (Å²) in [6.07, 6.45) is 2.43. The maximum absolute atomic E-state index is 11.2. The Labute approximate surface area is 135 Å². The lowest BCUT2D eigenvalue weighted by atomic mass is 9.74. The molecule has 2 heteroatoms. The molecule has 3 rings (SSSR count). The van der Waals surface area contributed by atoms with Crippen molar-refractivity contribution in [2.75, 3.05) is 0 Å². The van der Waals surface area contributed by atoms with E-state index >= 15 is 0 Å². The Bertz CT molecular complexity index is 705. The highest BCUT2D eigenvalue weighted by Crippen LogP contribution is 2.39. The predicted octanol–water partition coefficient (Wildman–Crippen LogP) is 4.75. The first-order valence-corrected chi connectivity index (χ1v) is 8.26. The van der Waals surface area contributed by atoms with Crippen molar-refractivity contribution in [2.24, 2.45) is 0 Å². The highest BCUT2D eigenvalue weighted by Gasteiger charge is 2.35. The minimum Gasteiger partial charge on any atom is -0.385 e. The van der Waals surface area contributed by atoms with Crippen molar-refractivity contribution in [3.63, 3.8) is 0 Å². The number of hydrogen-bond donors (Lipinski definition) is 1. The van der Waals surface area contributed by atoms with Gasteiger partial charge in [0.1, 0.15) is 0 Å². The van der Waals surface area contributed by atoms with E-state index in [4.69, 9.17) is 0 Å². The zero-order valence-electron chi connectivity index (χ0n) is 12.8. The van der Waals surface area contributed by atoms with Crippen molar-refractivity contribution in [2.45, 2.75) is 45.6 Å². The van der Waals surface area contributed by atoms with E-state index in [2.05, 4.69) is 67.0 Å². The summed E-state index contributed by atoms with van der Waals surface area (Å²) in [6, 6.07) is 10.8. The zero-order chi connectivity index (χ0) is 15.2. The van der Waals surface area contributed by atoms with E-state index in [9.17, 15) is 5.11 Å². The van der Waals surface area contributed by atoms with Gasteiger partial charge in [-0.1, -0.05) is 34.1 Å². The van der Waals surface area contributed by atoms with Crippen LogP contribution in [0.2, 0.25) is 0 Å². The number of hydrogen-bond acceptors (Lipinski definition) is 1. The lowest BCUT2D eigenvalue weighted by Gasteiger charge is -2.35. The summed E-state index contributed by atoms with van der Waals surface area (Å²) in [7, 11) is 0. The van der Waals surface area contributed by atoms with Gasteiger partial charge in [0, 0.05) is 10.9 Å². The highest BCUT2D eigenvalue weighted by molar-refractivity contribution is 9.10.